The number of esters is 2. The molecule has 2 rings (SSSR count). The van der Waals surface area contributed by atoms with Crippen molar-refractivity contribution in [2.45, 2.75) is 26.7 Å². The van der Waals surface area contributed by atoms with E-state index >= 15 is 0 Å². The zero-order valence-corrected chi connectivity index (χ0v) is 18.3. The number of carbonyl (C=O) groups is 5. The summed E-state index contributed by atoms with van der Waals surface area (Å²) in [5.41, 5.74) is 1.88. The Labute approximate surface area is 190 Å². The Morgan fingerprint density at radius 3 is 1.76 bits per heavy atom. The van der Waals surface area contributed by atoms with Gasteiger partial charge in [0.1, 0.15) is 0 Å². The van der Waals surface area contributed by atoms with Crippen molar-refractivity contribution in [2.75, 3.05) is 29.2 Å². The summed E-state index contributed by atoms with van der Waals surface area (Å²) in [4.78, 5) is 58.3. The average molecular weight is 455 g/mol. The summed E-state index contributed by atoms with van der Waals surface area (Å²) in [5, 5.41) is 7.76. The summed E-state index contributed by atoms with van der Waals surface area (Å²) in [6, 6.07) is 12.6. The lowest BCUT2D eigenvalue weighted by Crippen LogP contribution is -2.21. The molecule has 0 aliphatic rings. The molecule has 0 heterocycles. The van der Waals surface area contributed by atoms with Crippen LogP contribution in [0.5, 0.6) is 0 Å². The van der Waals surface area contributed by atoms with Gasteiger partial charge in [0.05, 0.1) is 18.6 Å². The summed E-state index contributed by atoms with van der Waals surface area (Å²) >= 11 is 0. The number of benzene rings is 2. The zero-order valence-electron chi connectivity index (χ0n) is 18.3. The topological polar surface area (TPSA) is 140 Å². The van der Waals surface area contributed by atoms with Crippen molar-refractivity contribution in [2.24, 2.45) is 0 Å². The first-order valence-electron chi connectivity index (χ1n) is 10.2. The van der Waals surface area contributed by atoms with E-state index in [-0.39, 0.29) is 25.4 Å². The van der Waals surface area contributed by atoms with Crippen molar-refractivity contribution < 1.29 is 33.4 Å². The SMILES string of the molecule is CCOC(=O)c1ccc(NC(=O)CCC(=O)OCC(=O)Nc2ccc(NC(C)=O)cc2)cc1. The third-order valence-corrected chi connectivity index (χ3v) is 4.09. The molecule has 0 aliphatic carbocycles. The normalized spacial score (nSPS) is 10.0. The maximum atomic E-state index is 12.0. The highest BCUT2D eigenvalue weighted by molar-refractivity contribution is 5.95. The van der Waals surface area contributed by atoms with Crippen molar-refractivity contribution in [3.63, 3.8) is 0 Å². The first-order chi connectivity index (χ1) is 15.8. The van der Waals surface area contributed by atoms with Crippen molar-refractivity contribution in [1.82, 2.24) is 0 Å². The van der Waals surface area contributed by atoms with Gasteiger partial charge in [0, 0.05) is 30.4 Å². The van der Waals surface area contributed by atoms with E-state index in [1.807, 2.05) is 0 Å². The second-order valence-electron chi connectivity index (χ2n) is 6.81. The van der Waals surface area contributed by atoms with Crippen LogP contribution in [-0.4, -0.2) is 42.9 Å². The molecule has 0 saturated heterocycles. The average Bonchev–Trinajstić information content (AvgIpc) is 2.78. The third-order valence-electron chi connectivity index (χ3n) is 4.09. The molecule has 3 amide bonds. The maximum absolute atomic E-state index is 12.0. The van der Waals surface area contributed by atoms with Gasteiger partial charge in [0.25, 0.3) is 5.91 Å². The third kappa shape index (κ3) is 9.21. The van der Waals surface area contributed by atoms with Crippen LogP contribution >= 0.6 is 0 Å². The summed E-state index contributed by atoms with van der Waals surface area (Å²) in [7, 11) is 0. The molecule has 0 spiro atoms. The molecule has 33 heavy (non-hydrogen) atoms. The van der Waals surface area contributed by atoms with E-state index in [1.165, 1.54) is 19.1 Å². The molecule has 2 aromatic carbocycles. The molecule has 0 aliphatic heterocycles. The minimum Gasteiger partial charge on any atom is -0.462 e. The fourth-order valence-electron chi connectivity index (χ4n) is 2.60. The van der Waals surface area contributed by atoms with E-state index in [4.69, 9.17) is 9.47 Å². The van der Waals surface area contributed by atoms with E-state index < -0.39 is 30.4 Å². The number of nitrogens with one attached hydrogen (secondary N) is 3. The lowest BCUT2D eigenvalue weighted by Gasteiger charge is -2.08. The molecule has 0 saturated carbocycles. The second kappa shape index (κ2) is 12.6. The van der Waals surface area contributed by atoms with Crippen molar-refractivity contribution in [1.29, 1.82) is 0 Å². The smallest absolute Gasteiger partial charge is 0.338 e. The number of carbonyl (C=O) groups excluding carboxylic acids is 5. The summed E-state index contributed by atoms with van der Waals surface area (Å²) in [5.74, 6) is -2.32. The number of amides is 3. The van der Waals surface area contributed by atoms with Crippen molar-refractivity contribution >= 4 is 46.7 Å². The molecule has 0 atom stereocenters. The molecule has 0 aromatic heterocycles. The van der Waals surface area contributed by atoms with Crippen LogP contribution in [0.2, 0.25) is 0 Å². The summed E-state index contributed by atoms with van der Waals surface area (Å²) in [6.45, 7) is 2.86. The van der Waals surface area contributed by atoms with E-state index in [0.29, 0.717) is 22.6 Å². The summed E-state index contributed by atoms with van der Waals surface area (Å²) < 4.78 is 9.76. The molecule has 174 valence electrons. The highest BCUT2D eigenvalue weighted by Gasteiger charge is 2.12. The minimum absolute atomic E-state index is 0.134. The molecule has 0 radical (unpaired) electrons. The van der Waals surface area contributed by atoms with E-state index in [1.54, 1.807) is 43.3 Å². The van der Waals surface area contributed by atoms with E-state index in [9.17, 15) is 24.0 Å². The molecule has 0 fully saturated rings. The monoisotopic (exact) mass is 455 g/mol. The van der Waals surface area contributed by atoms with Crippen LogP contribution in [0.3, 0.4) is 0 Å². The summed E-state index contributed by atoms with van der Waals surface area (Å²) in [6.07, 6.45) is -0.337. The van der Waals surface area contributed by atoms with Gasteiger partial charge in [-0.15, -0.1) is 0 Å². The Bertz CT molecular complexity index is 1000. The Balaban J connectivity index is 1.68. The molecule has 0 bridgehead atoms. The Morgan fingerprint density at radius 2 is 1.21 bits per heavy atom. The standard InChI is InChI=1S/C23H25N3O7/c1-3-32-23(31)16-4-6-18(7-5-16)25-20(28)12-13-22(30)33-14-21(29)26-19-10-8-17(9-11-19)24-15(2)27/h4-11H,3,12-14H2,1-2H3,(H,24,27)(H,25,28)(H,26,29). The fraction of sp³-hybridized carbons (Fsp3) is 0.261. The van der Waals surface area contributed by atoms with Gasteiger partial charge in [-0.2, -0.15) is 0 Å². The fourth-order valence-corrected chi connectivity index (χ4v) is 2.60. The Morgan fingerprint density at radius 1 is 0.697 bits per heavy atom. The number of ether oxygens (including phenoxy) is 2. The van der Waals surface area contributed by atoms with E-state index in [0.717, 1.165) is 0 Å². The van der Waals surface area contributed by atoms with Crippen LogP contribution in [0, 0.1) is 0 Å². The lowest BCUT2D eigenvalue weighted by molar-refractivity contribution is -0.147. The first kappa shape index (κ1) is 25.1. The van der Waals surface area contributed by atoms with Crippen molar-refractivity contribution in [3.8, 4) is 0 Å². The van der Waals surface area contributed by atoms with Gasteiger partial charge in [0.15, 0.2) is 6.61 Å². The van der Waals surface area contributed by atoms with Gasteiger partial charge in [-0.3, -0.25) is 19.2 Å². The molecule has 10 nitrogen and oxygen atoms in total. The molecule has 10 heteroatoms. The van der Waals surface area contributed by atoms with Gasteiger partial charge in [-0.1, -0.05) is 0 Å². The molecular formula is C23H25N3O7. The molecule has 2 aromatic rings. The predicted octanol–water partition coefficient (Wildman–Crippen LogP) is 2.72. The van der Waals surface area contributed by atoms with Gasteiger partial charge < -0.3 is 25.4 Å². The van der Waals surface area contributed by atoms with Gasteiger partial charge in [-0.05, 0) is 55.5 Å². The number of rotatable bonds is 10. The van der Waals surface area contributed by atoms with Crippen LogP contribution in [0.4, 0.5) is 17.1 Å². The Kier molecular flexibility index (Phi) is 9.56. The molecule has 0 unspecified atom stereocenters. The molecule has 3 N–H and O–H groups in total. The minimum atomic E-state index is -0.695. The predicted molar refractivity (Wildman–Crippen MR) is 121 cm³/mol. The highest BCUT2D eigenvalue weighted by Crippen LogP contribution is 2.14. The Hall–Kier alpha value is -4.21. The molecular weight excluding hydrogens is 430 g/mol. The number of anilines is 3. The highest BCUT2D eigenvalue weighted by atomic mass is 16.5. The van der Waals surface area contributed by atoms with E-state index in [2.05, 4.69) is 16.0 Å². The van der Waals surface area contributed by atoms with Crippen LogP contribution in [0.1, 0.15) is 37.0 Å². The quantitative estimate of drug-likeness (QED) is 0.468. The van der Waals surface area contributed by atoms with Crippen LogP contribution in [0.25, 0.3) is 0 Å². The van der Waals surface area contributed by atoms with Crippen molar-refractivity contribution in [3.05, 3.63) is 54.1 Å². The van der Waals surface area contributed by atoms with Crippen LogP contribution in [-0.2, 0) is 28.7 Å². The number of hydrogen-bond acceptors (Lipinski definition) is 7. The first-order valence-corrected chi connectivity index (χ1v) is 10.2. The largest absolute Gasteiger partial charge is 0.462 e. The van der Waals surface area contributed by atoms with Crippen LogP contribution in [0.15, 0.2) is 48.5 Å². The van der Waals surface area contributed by atoms with Gasteiger partial charge in [0.2, 0.25) is 11.8 Å². The number of hydrogen-bond donors (Lipinski definition) is 3. The lowest BCUT2D eigenvalue weighted by atomic mass is 10.2. The van der Waals surface area contributed by atoms with Gasteiger partial charge in [-0.25, -0.2) is 4.79 Å². The zero-order chi connectivity index (χ0) is 24.2. The maximum Gasteiger partial charge on any atom is 0.338 e. The van der Waals surface area contributed by atoms with Crippen LogP contribution < -0.4 is 16.0 Å². The second-order valence-corrected chi connectivity index (χ2v) is 6.81. The van der Waals surface area contributed by atoms with Gasteiger partial charge >= 0.3 is 11.9 Å².